The van der Waals surface area contributed by atoms with Gasteiger partial charge in [-0.1, -0.05) is 18.2 Å². The Hall–Kier alpha value is -0.890. The molecule has 0 bridgehead atoms. The highest BCUT2D eigenvalue weighted by atomic mass is 32.2. The van der Waals surface area contributed by atoms with Gasteiger partial charge in [0.1, 0.15) is 0 Å². The third-order valence-electron chi connectivity index (χ3n) is 1.58. The van der Waals surface area contributed by atoms with Crippen LogP contribution in [-0.4, -0.2) is 5.75 Å². The Morgan fingerprint density at radius 2 is 2.18 bits per heavy atom. The molecule has 0 fully saturated rings. The van der Waals surface area contributed by atoms with Crippen LogP contribution in [0.3, 0.4) is 0 Å². The van der Waals surface area contributed by atoms with Gasteiger partial charge in [0.15, 0.2) is 0 Å². The second kappa shape index (κ2) is 3.01. The molecule has 0 atom stereocenters. The first-order chi connectivity index (χ1) is 5.47. The van der Waals surface area contributed by atoms with E-state index >= 15 is 0 Å². The van der Waals surface area contributed by atoms with Crippen LogP contribution < -0.4 is 5.32 Å². The molecule has 0 amide bonds. The molecule has 0 aliphatic carbocycles. The van der Waals surface area contributed by atoms with Crippen molar-refractivity contribution in [2.75, 3.05) is 11.1 Å². The fraction of sp³-hybridized carbons (Fsp3) is 0.111. The van der Waals surface area contributed by atoms with Crippen molar-refractivity contribution in [2.24, 2.45) is 0 Å². The van der Waals surface area contributed by atoms with Gasteiger partial charge < -0.3 is 5.32 Å². The molecule has 1 aliphatic heterocycles. The highest BCUT2D eigenvalue weighted by Crippen LogP contribution is 2.28. The summed E-state index contributed by atoms with van der Waals surface area (Å²) in [4.78, 5) is 1.33. The summed E-state index contributed by atoms with van der Waals surface area (Å²) in [5, 5.41) is 3.22. The lowest BCUT2D eigenvalue weighted by atomic mass is 10.3. The number of anilines is 1. The molecule has 1 nitrogen and oxygen atoms in total. The minimum absolute atomic E-state index is 1.06. The third-order valence-corrected chi connectivity index (χ3v) is 2.60. The summed E-state index contributed by atoms with van der Waals surface area (Å²) in [5.74, 6) is 1.06. The van der Waals surface area contributed by atoms with Crippen LogP contribution in [0.5, 0.6) is 0 Å². The fourth-order valence-corrected chi connectivity index (χ4v) is 1.88. The summed E-state index contributed by atoms with van der Waals surface area (Å²) in [6.45, 7) is 0. The summed E-state index contributed by atoms with van der Waals surface area (Å²) in [6.07, 6.45) is 4.13. The van der Waals surface area contributed by atoms with Crippen LogP contribution in [0, 0.1) is 0 Å². The molecule has 0 aromatic heterocycles. The predicted octanol–water partition coefficient (Wildman–Crippen LogP) is 2.72. The SMILES string of the molecule is C1=CNc2ccccc2SC1. The van der Waals surface area contributed by atoms with Gasteiger partial charge in [-0.3, -0.25) is 0 Å². The Morgan fingerprint density at radius 3 is 3.18 bits per heavy atom. The lowest BCUT2D eigenvalue weighted by Crippen LogP contribution is -1.85. The number of para-hydroxylation sites is 1. The Bertz CT molecular complexity index is 281. The molecule has 0 saturated heterocycles. The second-order valence-electron chi connectivity index (χ2n) is 2.35. The van der Waals surface area contributed by atoms with Gasteiger partial charge in [0, 0.05) is 10.6 Å². The number of hydrogen-bond donors (Lipinski definition) is 1. The van der Waals surface area contributed by atoms with Gasteiger partial charge in [-0.15, -0.1) is 11.8 Å². The van der Waals surface area contributed by atoms with E-state index in [1.807, 2.05) is 24.0 Å². The molecule has 2 rings (SSSR count). The van der Waals surface area contributed by atoms with Crippen LogP contribution in [0.25, 0.3) is 0 Å². The topological polar surface area (TPSA) is 12.0 Å². The molecule has 0 spiro atoms. The second-order valence-corrected chi connectivity index (χ2v) is 3.42. The number of thioether (sulfide) groups is 1. The van der Waals surface area contributed by atoms with Crippen molar-refractivity contribution < 1.29 is 0 Å². The van der Waals surface area contributed by atoms with E-state index < -0.39 is 0 Å². The predicted molar refractivity (Wildman–Crippen MR) is 49.9 cm³/mol. The van der Waals surface area contributed by atoms with Crippen LogP contribution in [0.2, 0.25) is 0 Å². The lowest BCUT2D eigenvalue weighted by Gasteiger charge is -2.03. The molecule has 0 unspecified atom stereocenters. The maximum Gasteiger partial charge on any atom is 0.0517 e. The minimum Gasteiger partial charge on any atom is -0.361 e. The van der Waals surface area contributed by atoms with Gasteiger partial charge in [0.05, 0.1) is 5.69 Å². The van der Waals surface area contributed by atoms with Crippen molar-refractivity contribution in [2.45, 2.75) is 4.90 Å². The Morgan fingerprint density at radius 1 is 1.27 bits per heavy atom. The van der Waals surface area contributed by atoms with Crippen LogP contribution in [-0.2, 0) is 0 Å². The molecule has 1 aromatic carbocycles. The normalized spacial score (nSPS) is 14.9. The zero-order chi connectivity index (χ0) is 7.52. The van der Waals surface area contributed by atoms with E-state index in [0.29, 0.717) is 0 Å². The molecule has 0 radical (unpaired) electrons. The van der Waals surface area contributed by atoms with Crippen molar-refractivity contribution in [3.8, 4) is 0 Å². The first-order valence-corrected chi connectivity index (χ1v) is 4.59. The van der Waals surface area contributed by atoms with Crippen molar-refractivity contribution >= 4 is 17.4 Å². The molecular weight excluding hydrogens is 154 g/mol. The molecule has 1 aliphatic rings. The lowest BCUT2D eigenvalue weighted by molar-refractivity contribution is 1.43. The monoisotopic (exact) mass is 163 g/mol. The van der Waals surface area contributed by atoms with Gasteiger partial charge in [-0.2, -0.15) is 0 Å². The van der Waals surface area contributed by atoms with Crippen LogP contribution >= 0.6 is 11.8 Å². The van der Waals surface area contributed by atoms with Crippen LogP contribution in [0.1, 0.15) is 0 Å². The number of hydrogen-bond acceptors (Lipinski definition) is 2. The summed E-state index contributed by atoms with van der Waals surface area (Å²) < 4.78 is 0. The molecule has 0 saturated carbocycles. The van der Waals surface area contributed by atoms with Gasteiger partial charge >= 0.3 is 0 Å². The number of fused-ring (bicyclic) bond motifs is 1. The zero-order valence-corrected chi connectivity index (χ0v) is 6.90. The maximum absolute atomic E-state index is 3.22. The van der Waals surface area contributed by atoms with E-state index in [9.17, 15) is 0 Å². The van der Waals surface area contributed by atoms with E-state index in [0.717, 1.165) is 5.75 Å². The number of nitrogens with one attached hydrogen (secondary N) is 1. The largest absolute Gasteiger partial charge is 0.361 e. The third kappa shape index (κ3) is 1.40. The summed E-state index contributed by atoms with van der Waals surface area (Å²) in [7, 11) is 0. The van der Waals surface area contributed by atoms with Crippen molar-refractivity contribution in [3.05, 3.63) is 36.5 Å². The Balaban J connectivity index is 2.40. The average Bonchev–Trinajstić information content (AvgIpc) is 2.28. The highest BCUT2D eigenvalue weighted by Gasteiger charge is 2.01. The minimum atomic E-state index is 1.06. The Labute approximate surface area is 70.5 Å². The molecule has 1 aromatic rings. The van der Waals surface area contributed by atoms with Crippen LogP contribution in [0.4, 0.5) is 5.69 Å². The van der Waals surface area contributed by atoms with Crippen LogP contribution in [0.15, 0.2) is 41.4 Å². The fourth-order valence-electron chi connectivity index (χ4n) is 1.05. The van der Waals surface area contributed by atoms with Crippen molar-refractivity contribution in [1.82, 2.24) is 0 Å². The Kier molecular flexibility index (Phi) is 1.86. The first-order valence-electron chi connectivity index (χ1n) is 3.60. The maximum atomic E-state index is 3.22. The van der Waals surface area contributed by atoms with E-state index in [1.165, 1.54) is 10.6 Å². The molecule has 1 N–H and O–H groups in total. The van der Waals surface area contributed by atoms with E-state index in [1.54, 1.807) is 0 Å². The highest BCUT2D eigenvalue weighted by molar-refractivity contribution is 7.99. The number of rotatable bonds is 0. The van der Waals surface area contributed by atoms with E-state index in [2.05, 4.69) is 29.6 Å². The number of benzene rings is 1. The molecule has 11 heavy (non-hydrogen) atoms. The van der Waals surface area contributed by atoms with Gasteiger partial charge in [0.25, 0.3) is 0 Å². The first kappa shape index (κ1) is 6.80. The van der Waals surface area contributed by atoms with E-state index in [-0.39, 0.29) is 0 Å². The quantitative estimate of drug-likeness (QED) is 0.631. The molecule has 56 valence electrons. The van der Waals surface area contributed by atoms with Gasteiger partial charge in [-0.05, 0) is 18.3 Å². The van der Waals surface area contributed by atoms with Crippen molar-refractivity contribution in [3.63, 3.8) is 0 Å². The molecule has 2 heteroatoms. The smallest absolute Gasteiger partial charge is 0.0517 e. The zero-order valence-electron chi connectivity index (χ0n) is 6.08. The van der Waals surface area contributed by atoms with E-state index in [4.69, 9.17) is 0 Å². The summed E-state index contributed by atoms with van der Waals surface area (Å²) in [6, 6.07) is 8.35. The molecule has 1 heterocycles. The van der Waals surface area contributed by atoms with Crippen molar-refractivity contribution in [1.29, 1.82) is 0 Å². The van der Waals surface area contributed by atoms with Gasteiger partial charge in [-0.25, -0.2) is 0 Å². The summed E-state index contributed by atoms with van der Waals surface area (Å²) >= 11 is 1.86. The molecular formula is C9H9NS. The van der Waals surface area contributed by atoms with Gasteiger partial charge in [0.2, 0.25) is 0 Å². The summed E-state index contributed by atoms with van der Waals surface area (Å²) in [5.41, 5.74) is 1.21. The average molecular weight is 163 g/mol. The standard InChI is InChI=1S/C9H9NS/c1-2-5-9-8(4-1)10-6-3-7-11-9/h1-6,10H,7H2.